The molecule has 0 atom stereocenters. The zero-order valence-corrected chi connectivity index (χ0v) is 25.1. The lowest BCUT2D eigenvalue weighted by Crippen LogP contribution is -2.41. The Bertz CT molecular complexity index is 1550. The number of hydrogen-bond acceptors (Lipinski definition) is 8. The Morgan fingerprint density at radius 1 is 0.500 bits per heavy atom. The summed E-state index contributed by atoms with van der Waals surface area (Å²) in [6.07, 6.45) is 3.54. The van der Waals surface area contributed by atoms with Gasteiger partial charge in [-0.3, -0.25) is 5.41 Å². The smallest absolute Gasteiger partial charge is 0.242 e. The Morgan fingerprint density at radius 3 is 1.26 bits per heavy atom. The van der Waals surface area contributed by atoms with Crippen LogP contribution in [0, 0.1) is 0 Å². The highest BCUT2D eigenvalue weighted by Gasteiger charge is 2.27. The molecule has 0 saturated carbocycles. The molecule has 42 heavy (non-hydrogen) atoms. The van der Waals surface area contributed by atoms with Crippen LogP contribution >= 0.6 is 0 Å². The average molecular weight is 575 g/mol. The standard InChI is InChI=1S/C33H35NO8/c1-35-22-11-9-12-23(36-2)30(22)33(31-24(37-3)13-10-14-25(31)38-4)32-28(41-7)15-19(16-29(32)42-8)20-17-27(40-6)21(34)18-26(20)39-5/h9-18,34H,1-8H3/p+1. The summed E-state index contributed by atoms with van der Waals surface area (Å²) in [5.74, 6) is 4.33. The molecule has 3 aromatic carbocycles. The summed E-state index contributed by atoms with van der Waals surface area (Å²) in [5, 5.41) is 7.54. The van der Waals surface area contributed by atoms with Crippen LogP contribution in [-0.2, 0) is 9.47 Å². The van der Waals surface area contributed by atoms with Crippen molar-refractivity contribution in [3.63, 3.8) is 0 Å². The van der Waals surface area contributed by atoms with Crippen molar-refractivity contribution in [1.82, 2.24) is 0 Å². The van der Waals surface area contributed by atoms with E-state index in [9.17, 15) is 0 Å². The molecular formula is C33H36NO8+. The molecular weight excluding hydrogens is 538 g/mol. The van der Waals surface area contributed by atoms with Gasteiger partial charge in [-0.1, -0.05) is 12.1 Å². The average Bonchev–Trinajstić information content (AvgIpc) is 3.04. The van der Waals surface area contributed by atoms with Gasteiger partial charge in [-0.15, -0.1) is 0 Å². The fourth-order valence-corrected chi connectivity index (χ4v) is 5.03. The maximum Gasteiger partial charge on any atom is 0.242 e. The van der Waals surface area contributed by atoms with Crippen molar-refractivity contribution in [2.75, 3.05) is 56.9 Å². The van der Waals surface area contributed by atoms with Crippen molar-refractivity contribution < 1.29 is 43.3 Å². The molecule has 0 unspecified atom stereocenters. The lowest BCUT2D eigenvalue weighted by atomic mass is 9.91. The third-order valence-corrected chi connectivity index (χ3v) is 6.97. The van der Waals surface area contributed by atoms with Crippen LogP contribution in [0.4, 0.5) is 0 Å². The number of hydrogen-bond donors (Lipinski definition) is 1. The van der Waals surface area contributed by atoms with Crippen molar-refractivity contribution in [3.05, 3.63) is 93.8 Å². The van der Waals surface area contributed by atoms with E-state index in [1.165, 1.54) is 0 Å². The van der Waals surface area contributed by atoms with Gasteiger partial charge >= 0.3 is 0 Å². The van der Waals surface area contributed by atoms with Gasteiger partial charge in [0, 0.05) is 11.1 Å². The molecule has 0 bridgehead atoms. The van der Waals surface area contributed by atoms with E-state index >= 15 is 0 Å². The Balaban J connectivity index is 2.33. The highest BCUT2D eigenvalue weighted by Crippen LogP contribution is 2.44. The molecule has 0 aliphatic heterocycles. The van der Waals surface area contributed by atoms with Gasteiger partial charge < -0.3 is 37.9 Å². The van der Waals surface area contributed by atoms with Gasteiger partial charge in [0.05, 0.1) is 79.3 Å². The maximum absolute atomic E-state index is 6.16. The van der Waals surface area contributed by atoms with Gasteiger partial charge in [-0.25, -0.2) is 0 Å². The number of benzene rings is 3. The fourth-order valence-electron chi connectivity index (χ4n) is 5.03. The highest BCUT2D eigenvalue weighted by atomic mass is 16.5. The summed E-state index contributed by atoms with van der Waals surface area (Å²) in [4.78, 5) is 0. The molecule has 4 rings (SSSR count). The van der Waals surface area contributed by atoms with Gasteiger partial charge in [0.25, 0.3) is 0 Å². The van der Waals surface area contributed by atoms with Gasteiger partial charge in [0.15, 0.2) is 5.76 Å². The Kier molecular flexibility index (Phi) is 9.32. The van der Waals surface area contributed by atoms with E-state index in [0.29, 0.717) is 73.6 Å². The number of ether oxygens (including phenoxy) is 8. The minimum atomic E-state index is 0.454. The van der Waals surface area contributed by atoms with E-state index in [4.69, 9.17) is 43.3 Å². The van der Waals surface area contributed by atoms with Crippen molar-refractivity contribution in [2.45, 2.75) is 0 Å². The number of nitrogens with two attached hydrogens (primary N) is 1. The van der Waals surface area contributed by atoms with Crippen LogP contribution in [0.5, 0.6) is 34.5 Å². The summed E-state index contributed by atoms with van der Waals surface area (Å²) in [6.45, 7) is 0. The maximum atomic E-state index is 6.16. The SMILES string of the molecule is COC1=CC(=c2cc(OC)c(=C(c3c(OC)cccc3OC)c3c(OC)cccc3OC)c(OC)c2)C(OC)=CC1=[NH2+]. The highest BCUT2D eigenvalue weighted by molar-refractivity contribution is 6.08. The van der Waals surface area contributed by atoms with Crippen LogP contribution in [0.1, 0.15) is 11.1 Å². The minimum absolute atomic E-state index is 0.454. The molecule has 9 heteroatoms. The van der Waals surface area contributed by atoms with Crippen molar-refractivity contribution in [1.29, 1.82) is 0 Å². The second-order valence-corrected chi connectivity index (χ2v) is 9.00. The molecule has 0 spiro atoms. The van der Waals surface area contributed by atoms with Crippen LogP contribution in [0.3, 0.4) is 0 Å². The van der Waals surface area contributed by atoms with Gasteiger partial charge in [0.2, 0.25) is 5.71 Å². The lowest BCUT2D eigenvalue weighted by molar-refractivity contribution is -0.114. The molecule has 0 fully saturated rings. The first kappa shape index (κ1) is 29.9. The van der Waals surface area contributed by atoms with Crippen molar-refractivity contribution >= 4 is 16.9 Å². The van der Waals surface area contributed by atoms with E-state index in [1.807, 2.05) is 54.6 Å². The molecule has 0 saturated heterocycles. The summed E-state index contributed by atoms with van der Waals surface area (Å²) in [5.41, 5.74) is 3.15. The predicted octanol–water partition coefficient (Wildman–Crippen LogP) is 2.41. The number of methoxy groups -OCH3 is 8. The number of allylic oxidation sites excluding steroid dienone is 2. The summed E-state index contributed by atoms with van der Waals surface area (Å²) in [6, 6.07) is 15.0. The Morgan fingerprint density at radius 2 is 0.905 bits per heavy atom. The van der Waals surface area contributed by atoms with Crippen LogP contribution in [0.2, 0.25) is 0 Å². The quantitative estimate of drug-likeness (QED) is 0.394. The van der Waals surface area contributed by atoms with Crippen LogP contribution in [-0.4, -0.2) is 62.6 Å². The fraction of sp³-hybridized carbons (Fsp3) is 0.242. The molecule has 1 aliphatic carbocycles. The van der Waals surface area contributed by atoms with Crippen LogP contribution < -0.4 is 44.3 Å². The van der Waals surface area contributed by atoms with E-state index in [2.05, 4.69) is 0 Å². The minimum Gasteiger partial charge on any atom is -0.496 e. The first-order valence-electron chi connectivity index (χ1n) is 13.0. The summed E-state index contributed by atoms with van der Waals surface area (Å²) < 4.78 is 46.7. The molecule has 3 aromatic rings. The van der Waals surface area contributed by atoms with Crippen LogP contribution in [0.15, 0.2) is 72.2 Å². The monoisotopic (exact) mass is 574 g/mol. The van der Waals surface area contributed by atoms with Gasteiger partial charge in [0.1, 0.15) is 40.3 Å². The largest absolute Gasteiger partial charge is 0.496 e. The molecule has 0 aromatic heterocycles. The van der Waals surface area contributed by atoms with Crippen LogP contribution in [0.25, 0.3) is 11.1 Å². The summed E-state index contributed by atoms with van der Waals surface area (Å²) in [7, 11) is 12.8. The predicted molar refractivity (Wildman–Crippen MR) is 160 cm³/mol. The molecule has 0 heterocycles. The van der Waals surface area contributed by atoms with Crippen molar-refractivity contribution in [3.8, 4) is 34.5 Å². The van der Waals surface area contributed by atoms with Gasteiger partial charge in [-0.2, -0.15) is 0 Å². The zero-order chi connectivity index (χ0) is 30.4. The second-order valence-electron chi connectivity index (χ2n) is 9.00. The Hall–Kier alpha value is -5.05. The third kappa shape index (κ3) is 5.33. The van der Waals surface area contributed by atoms with Gasteiger partial charge in [-0.05, 0) is 47.7 Å². The first-order chi connectivity index (χ1) is 20.4. The van der Waals surface area contributed by atoms with E-state index in [0.717, 1.165) is 10.8 Å². The van der Waals surface area contributed by atoms with E-state index in [-0.39, 0.29) is 0 Å². The molecule has 2 N–H and O–H groups in total. The Labute approximate surface area is 245 Å². The molecule has 220 valence electrons. The first-order valence-corrected chi connectivity index (χ1v) is 13.0. The molecule has 0 amide bonds. The van der Waals surface area contributed by atoms with E-state index in [1.54, 1.807) is 63.0 Å². The summed E-state index contributed by atoms with van der Waals surface area (Å²) >= 11 is 0. The zero-order valence-electron chi connectivity index (χ0n) is 25.1. The molecule has 1 aliphatic rings. The van der Waals surface area contributed by atoms with Crippen molar-refractivity contribution in [2.24, 2.45) is 0 Å². The lowest BCUT2D eigenvalue weighted by Gasteiger charge is -2.22. The third-order valence-electron chi connectivity index (χ3n) is 6.97. The van der Waals surface area contributed by atoms with E-state index < -0.39 is 0 Å². The topological polar surface area (TPSA) is 99.4 Å². The number of rotatable bonds is 10. The second kappa shape index (κ2) is 13.1. The molecule has 9 nitrogen and oxygen atoms in total. The normalized spacial score (nSPS) is 12.6. The molecule has 0 radical (unpaired) electrons.